The Morgan fingerprint density at radius 1 is 1.16 bits per heavy atom. The van der Waals surface area contributed by atoms with Crippen LogP contribution in [0.5, 0.6) is 5.75 Å². The number of nitrogens with one attached hydrogen (secondary N) is 2. The van der Waals surface area contributed by atoms with E-state index in [1.54, 1.807) is 12.1 Å². The molecule has 0 fully saturated rings. The number of benzene rings is 1. The predicted octanol–water partition coefficient (Wildman–Crippen LogP) is 1.93. The number of aryl methyl sites for hydroxylation is 1. The molecule has 0 saturated carbocycles. The van der Waals surface area contributed by atoms with Crippen molar-refractivity contribution in [2.24, 2.45) is 0 Å². The summed E-state index contributed by atoms with van der Waals surface area (Å²) in [5.74, 6) is -1.86. The van der Waals surface area contributed by atoms with Gasteiger partial charge in [-0.3, -0.25) is 9.59 Å². The molecule has 32 heavy (non-hydrogen) atoms. The fourth-order valence-corrected chi connectivity index (χ4v) is 3.81. The lowest BCUT2D eigenvalue weighted by Crippen LogP contribution is -2.46. The molecule has 0 spiro atoms. The molecule has 1 aliphatic carbocycles. The van der Waals surface area contributed by atoms with Gasteiger partial charge in [0, 0.05) is 17.0 Å². The van der Waals surface area contributed by atoms with E-state index < -0.39 is 23.8 Å². The largest absolute Gasteiger partial charge is 0.484 e. The van der Waals surface area contributed by atoms with Crippen LogP contribution in [-0.4, -0.2) is 42.1 Å². The second kappa shape index (κ2) is 10.8. The maximum Gasteiger partial charge on any atom is 0.339 e. The summed E-state index contributed by atoms with van der Waals surface area (Å²) < 4.78 is 10.9. The third-order valence-electron chi connectivity index (χ3n) is 5.49. The minimum absolute atomic E-state index is 0.327. The topological polar surface area (TPSA) is 135 Å². The van der Waals surface area contributed by atoms with Gasteiger partial charge in [-0.25, -0.2) is 9.59 Å². The molecule has 172 valence electrons. The number of unbranched alkanes of at least 4 members (excludes halogenated alkanes) is 1. The molecule has 1 aliphatic rings. The van der Waals surface area contributed by atoms with Crippen LogP contribution >= 0.6 is 0 Å². The Balaban J connectivity index is 1.53. The highest BCUT2D eigenvalue weighted by molar-refractivity contribution is 5.88. The van der Waals surface area contributed by atoms with Crippen molar-refractivity contribution in [1.29, 1.82) is 0 Å². The van der Waals surface area contributed by atoms with Gasteiger partial charge >= 0.3 is 11.6 Å². The van der Waals surface area contributed by atoms with Gasteiger partial charge in [-0.2, -0.15) is 0 Å². The summed E-state index contributed by atoms with van der Waals surface area (Å²) in [6, 6.07) is 4.14. The summed E-state index contributed by atoms with van der Waals surface area (Å²) >= 11 is 0. The Bertz CT molecular complexity index is 1060. The maximum atomic E-state index is 12.2. The fraction of sp³-hybridized carbons (Fsp3) is 0.478. The monoisotopic (exact) mass is 444 g/mol. The van der Waals surface area contributed by atoms with Gasteiger partial charge < -0.3 is 24.9 Å². The van der Waals surface area contributed by atoms with E-state index in [0.29, 0.717) is 24.2 Å². The van der Waals surface area contributed by atoms with Crippen LogP contribution in [0.2, 0.25) is 0 Å². The number of rotatable bonds is 10. The Labute approximate surface area is 185 Å². The number of carboxylic acid groups (broad SMARTS) is 1. The number of amides is 2. The van der Waals surface area contributed by atoms with Crippen molar-refractivity contribution < 1.29 is 28.6 Å². The molecule has 9 nitrogen and oxygen atoms in total. The molecule has 1 atom stereocenters. The van der Waals surface area contributed by atoms with E-state index in [9.17, 15) is 19.2 Å². The molecule has 0 aliphatic heterocycles. The number of hydrogen-bond acceptors (Lipinski definition) is 6. The number of carbonyl (C=O) groups excluding carboxylic acids is 2. The minimum Gasteiger partial charge on any atom is -0.484 e. The van der Waals surface area contributed by atoms with Crippen LogP contribution in [0.15, 0.2) is 27.4 Å². The first kappa shape index (κ1) is 23.3. The van der Waals surface area contributed by atoms with Gasteiger partial charge in [0.15, 0.2) is 6.61 Å². The fourth-order valence-electron chi connectivity index (χ4n) is 3.81. The normalized spacial score (nSPS) is 13.8. The van der Waals surface area contributed by atoms with Crippen molar-refractivity contribution in [3.05, 3.63) is 39.7 Å². The van der Waals surface area contributed by atoms with Crippen molar-refractivity contribution in [3.8, 4) is 5.75 Å². The molecule has 2 amide bonds. The zero-order valence-corrected chi connectivity index (χ0v) is 18.1. The van der Waals surface area contributed by atoms with Gasteiger partial charge in [0.2, 0.25) is 5.91 Å². The highest BCUT2D eigenvalue weighted by atomic mass is 16.5. The SMILES string of the molecule is CCCC[C@@H](NC(=O)CNC(=O)COc1ccc2c3c(c(=O)oc2c1)CCCC3)C(=O)O. The number of hydrogen-bond donors (Lipinski definition) is 3. The van der Waals surface area contributed by atoms with Gasteiger partial charge in [0.25, 0.3) is 5.91 Å². The number of carboxylic acids is 1. The molecular weight excluding hydrogens is 416 g/mol. The molecule has 1 heterocycles. The van der Waals surface area contributed by atoms with Crippen molar-refractivity contribution >= 4 is 28.8 Å². The van der Waals surface area contributed by atoms with Crippen LogP contribution in [-0.2, 0) is 27.2 Å². The highest BCUT2D eigenvalue weighted by Crippen LogP contribution is 2.29. The lowest BCUT2D eigenvalue weighted by molar-refractivity contribution is -0.142. The summed E-state index contributed by atoms with van der Waals surface area (Å²) in [5.41, 5.74) is 1.86. The zero-order chi connectivity index (χ0) is 23.1. The third kappa shape index (κ3) is 5.87. The van der Waals surface area contributed by atoms with Gasteiger partial charge in [0.1, 0.15) is 17.4 Å². The number of carbonyl (C=O) groups is 3. The summed E-state index contributed by atoms with van der Waals surface area (Å²) in [6.45, 7) is 1.24. The number of ether oxygens (including phenoxy) is 1. The van der Waals surface area contributed by atoms with Crippen molar-refractivity contribution in [3.63, 3.8) is 0 Å². The van der Waals surface area contributed by atoms with Crippen LogP contribution in [0.4, 0.5) is 0 Å². The molecule has 0 radical (unpaired) electrons. The average molecular weight is 444 g/mol. The molecule has 0 unspecified atom stereocenters. The number of fused-ring (bicyclic) bond motifs is 3. The van der Waals surface area contributed by atoms with Crippen molar-refractivity contribution in [2.75, 3.05) is 13.2 Å². The van der Waals surface area contributed by atoms with Gasteiger partial charge in [-0.15, -0.1) is 0 Å². The van der Waals surface area contributed by atoms with E-state index in [1.807, 2.05) is 13.0 Å². The standard InChI is InChI=1S/C23H28N2O7/c1-2-3-8-18(22(28)29)25-20(26)12-24-21(27)13-31-14-9-10-16-15-6-4-5-7-17(15)23(30)32-19(16)11-14/h9-11,18H,2-8,12-13H2,1H3,(H,24,27)(H,25,26)(H,28,29)/t18-/m1/s1. The second-order valence-electron chi connectivity index (χ2n) is 7.88. The Morgan fingerprint density at radius 2 is 1.91 bits per heavy atom. The maximum absolute atomic E-state index is 12.2. The van der Waals surface area contributed by atoms with Crippen LogP contribution < -0.4 is 21.0 Å². The first-order valence-electron chi connectivity index (χ1n) is 10.9. The minimum atomic E-state index is -1.11. The van der Waals surface area contributed by atoms with Gasteiger partial charge in [-0.05, 0) is 49.8 Å². The Kier molecular flexibility index (Phi) is 7.86. The summed E-state index contributed by atoms with van der Waals surface area (Å²) in [7, 11) is 0. The van der Waals surface area contributed by atoms with E-state index in [4.69, 9.17) is 14.3 Å². The van der Waals surface area contributed by atoms with E-state index >= 15 is 0 Å². The molecule has 3 rings (SSSR count). The lowest BCUT2D eigenvalue weighted by Gasteiger charge is -2.16. The molecule has 0 saturated heterocycles. The van der Waals surface area contributed by atoms with Crippen LogP contribution in [0.1, 0.15) is 50.2 Å². The molecule has 3 N–H and O–H groups in total. The van der Waals surface area contributed by atoms with Crippen LogP contribution in [0, 0.1) is 0 Å². The van der Waals surface area contributed by atoms with Gasteiger partial charge in [0.05, 0.1) is 6.54 Å². The Hall–Kier alpha value is -3.36. The molecule has 9 heteroatoms. The quantitative estimate of drug-likeness (QED) is 0.477. The van der Waals surface area contributed by atoms with E-state index in [-0.39, 0.29) is 18.8 Å². The summed E-state index contributed by atoms with van der Waals surface area (Å²) in [5, 5.41) is 14.8. The van der Waals surface area contributed by atoms with E-state index in [2.05, 4.69) is 10.6 Å². The first-order valence-corrected chi connectivity index (χ1v) is 10.9. The first-order chi connectivity index (χ1) is 15.4. The molecule has 1 aromatic heterocycles. The molecule has 1 aromatic carbocycles. The zero-order valence-electron chi connectivity index (χ0n) is 18.1. The van der Waals surface area contributed by atoms with Crippen molar-refractivity contribution in [2.45, 2.75) is 57.9 Å². The highest BCUT2D eigenvalue weighted by Gasteiger charge is 2.20. The van der Waals surface area contributed by atoms with Crippen LogP contribution in [0.25, 0.3) is 11.0 Å². The number of aliphatic carboxylic acids is 1. The smallest absolute Gasteiger partial charge is 0.339 e. The molecule has 0 bridgehead atoms. The summed E-state index contributed by atoms with van der Waals surface area (Å²) in [6.07, 6.45) is 5.39. The summed E-state index contributed by atoms with van der Waals surface area (Å²) in [4.78, 5) is 47.4. The lowest BCUT2D eigenvalue weighted by atomic mass is 9.91. The third-order valence-corrected chi connectivity index (χ3v) is 5.49. The second-order valence-corrected chi connectivity index (χ2v) is 7.88. The van der Waals surface area contributed by atoms with E-state index in [0.717, 1.165) is 48.6 Å². The predicted molar refractivity (Wildman–Crippen MR) is 117 cm³/mol. The van der Waals surface area contributed by atoms with Crippen LogP contribution in [0.3, 0.4) is 0 Å². The van der Waals surface area contributed by atoms with Gasteiger partial charge in [-0.1, -0.05) is 19.8 Å². The average Bonchev–Trinajstić information content (AvgIpc) is 2.78. The van der Waals surface area contributed by atoms with E-state index in [1.165, 1.54) is 0 Å². The Morgan fingerprint density at radius 3 is 2.62 bits per heavy atom. The molecule has 2 aromatic rings. The van der Waals surface area contributed by atoms with Crippen molar-refractivity contribution in [1.82, 2.24) is 10.6 Å². The molecular formula is C23H28N2O7.